The van der Waals surface area contributed by atoms with Gasteiger partial charge in [-0.1, -0.05) is 24.3 Å². The Hall–Kier alpha value is -0.480. The molecule has 0 bridgehead atoms. The highest BCUT2D eigenvalue weighted by Gasteiger charge is 1.93. The summed E-state index contributed by atoms with van der Waals surface area (Å²) in [5.74, 6) is 0.811. The lowest BCUT2D eigenvalue weighted by molar-refractivity contribution is 0.614. The smallest absolute Gasteiger partial charge is 0.144 e. The van der Waals surface area contributed by atoms with Crippen molar-refractivity contribution >= 4 is 23.3 Å². The van der Waals surface area contributed by atoms with Crippen molar-refractivity contribution in [2.24, 2.45) is 0 Å². The van der Waals surface area contributed by atoms with E-state index in [4.69, 9.17) is 0 Å². The lowest BCUT2D eigenvalue weighted by Gasteiger charge is -1.97. The van der Waals surface area contributed by atoms with Crippen LogP contribution in [0.3, 0.4) is 0 Å². The van der Waals surface area contributed by atoms with Crippen molar-refractivity contribution in [3.8, 4) is 0 Å². The molecular weight excluding hydrogens is 192 g/mol. The number of rotatable bonds is 3. The summed E-state index contributed by atoms with van der Waals surface area (Å²) >= 11 is 4.09. The van der Waals surface area contributed by atoms with Gasteiger partial charge in [0, 0.05) is 5.75 Å². The summed E-state index contributed by atoms with van der Waals surface area (Å²) in [6.07, 6.45) is 0. The molecule has 0 aromatic heterocycles. The Morgan fingerprint density at radius 2 is 1.58 bits per heavy atom. The molecule has 1 aromatic carbocycles. The van der Waals surface area contributed by atoms with Gasteiger partial charge in [0.25, 0.3) is 0 Å². The standard InChI is InChI=1S/C8H10O2S2/c9-12(10)6-8-3-1-7(5-11)2-4-8/h1-4,11-12H,5-6H2. The second-order valence-electron chi connectivity index (χ2n) is 2.47. The van der Waals surface area contributed by atoms with E-state index >= 15 is 0 Å². The van der Waals surface area contributed by atoms with Crippen LogP contribution in [-0.4, -0.2) is 8.42 Å². The van der Waals surface area contributed by atoms with E-state index in [2.05, 4.69) is 12.6 Å². The van der Waals surface area contributed by atoms with Crippen molar-refractivity contribution in [2.75, 3.05) is 0 Å². The highest BCUT2D eigenvalue weighted by molar-refractivity contribution is 7.79. The second kappa shape index (κ2) is 4.52. The van der Waals surface area contributed by atoms with Gasteiger partial charge >= 0.3 is 0 Å². The predicted molar refractivity (Wildman–Crippen MR) is 53.2 cm³/mol. The van der Waals surface area contributed by atoms with Gasteiger partial charge in [0.15, 0.2) is 0 Å². The summed E-state index contributed by atoms with van der Waals surface area (Å²) in [6, 6.07) is 7.41. The predicted octanol–water partition coefficient (Wildman–Crippen LogP) is 1.23. The van der Waals surface area contributed by atoms with Gasteiger partial charge in [-0.05, 0) is 11.1 Å². The third-order valence-electron chi connectivity index (χ3n) is 1.52. The number of hydrogen-bond donors (Lipinski definition) is 2. The van der Waals surface area contributed by atoms with Crippen LogP contribution < -0.4 is 0 Å². The molecule has 0 N–H and O–H groups in total. The summed E-state index contributed by atoms with van der Waals surface area (Å²) in [4.78, 5) is 0. The largest absolute Gasteiger partial charge is 0.232 e. The van der Waals surface area contributed by atoms with Crippen molar-refractivity contribution in [3.63, 3.8) is 0 Å². The highest BCUT2D eigenvalue weighted by atomic mass is 32.2. The van der Waals surface area contributed by atoms with Gasteiger partial charge in [-0.2, -0.15) is 12.6 Å². The van der Waals surface area contributed by atoms with Crippen molar-refractivity contribution in [2.45, 2.75) is 11.5 Å². The maximum atomic E-state index is 10.3. The van der Waals surface area contributed by atoms with Crippen LogP contribution in [0.2, 0.25) is 0 Å². The molecule has 0 heterocycles. The SMILES string of the molecule is O=[SH](=O)Cc1ccc(CS)cc1. The van der Waals surface area contributed by atoms with E-state index in [0.717, 1.165) is 11.1 Å². The molecule has 1 aromatic rings. The van der Waals surface area contributed by atoms with Crippen LogP contribution in [0.4, 0.5) is 0 Å². The van der Waals surface area contributed by atoms with Crippen molar-refractivity contribution in [1.29, 1.82) is 0 Å². The highest BCUT2D eigenvalue weighted by Crippen LogP contribution is 2.06. The van der Waals surface area contributed by atoms with Crippen molar-refractivity contribution in [1.82, 2.24) is 0 Å². The number of thiol groups is 2. The first-order chi connectivity index (χ1) is 5.72. The normalized spacial score (nSPS) is 10.5. The summed E-state index contributed by atoms with van der Waals surface area (Å²) in [6.45, 7) is 0. The van der Waals surface area contributed by atoms with Gasteiger partial charge in [-0.3, -0.25) is 0 Å². The Balaban J connectivity index is 2.77. The first-order valence-corrected chi connectivity index (χ1v) is 5.52. The molecule has 12 heavy (non-hydrogen) atoms. The maximum Gasteiger partial charge on any atom is 0.144 e. The summed E-state index contributed by atoms with van der Waals surface area (Å²) < 4.78 is 20.7. The summed E-state index contributed by atoms with van der Waals surface area (Å²) in [5.41, 5.74) is 1.93. The average molecular weight is 202 g/mol. The van der Waals surface area contributed by atoms with E-state index in [1.54, 1.807) is 0 Å². The molecule has 0 aliphatic carbocycles. The molecule has 4 heteroatoms. The quantitative estimate of drug-likeness (QED) is 0.723. The molecule has 0 aliphatic rings. The fourth-order valence-corrected chi connectivity index (χ4v) is 1.62. The van der Waals surface area contributed by atoms with E-state index in [1.807, 2.05) is 24.3 Å². The molecule has 66 valence electrons. The lowest BCUT2D eigenvalue weighted by atomic mass is 10.2. The van der Waals surface area contributed by atoms with E-state index in [1.165, 1.54) is 0 Å². The monoisotopic (exact) mass is 202 g/mol. The molecule has 0 aliphatic heterocycles. The van der Waals surface area contributed by atoms with Gasteiger partial charge in [0.05, 0.1) is 5.75 Å². The zero-order chi connectivity index (χ0) is 8.97. The van der Waals surface area contributed by atoms with Gasteiger partial charge in [0.2, 0.25) is 0 Å². The van der Waals surface area contributed by atoms with Crippen LogP contribution in [0.25, 0.3) is 0 Å². The molecule has 0 spiro atoms. The van der Waals surface area contributed by atoms with E-state index in [0.29, 0.717) is 5.75 Å². The molecular formula is C8H10O2S2. The van der Waals surface area contributed by atoms with E-state index < -0.39 is 10.7 Å². The molecule has 2 nitrogen and oxygen atoms in total. The summed E-state index contributed by atoms with van der Waals surface area (Å²) in [7, 11) is -2.31. The van der Waals surface area contributed by atoms with Gasteiger partial charge in [-0.15, -0.1) is 0 Å². The molecule has 0 unspecified atom stereocenters. The number of benzene rings is 1. The Labute approximate surface area is 79.0 Å². The Bertz CT molecular complexity index is 306. The van der Waals surface area contributed by atoms with Crippen LogP contribution in [0, 0.1) is 0 Å². The minimum Gasteiger partial charge on any atom is -0.232 e. The topological polar surface area (TPSA) is 34.1 Å². The average Bonchev–Trinajstić information content (AvgIpc) is 2.05. The van der Waals surface area contributed by atoms with Crippen LogP contribution in [-0.2, 0) is 22.2 Å². The van der Waals surface area contributed by atoms with Crippen LogP contribution in [0.1, 0.15) is 11.1 Å². The van der Waals surface area contributed by atoms with Crippen molar-refractivity contribution in [3.05, 3.63) is 35.4 Å². The molecule has 0 fully saturated rings. The number of hydrogen-bond acceptors (Lipinski definition) is 3. The fourth-order valence-electron chi connectivity index (χ4n) is 0.899. The molecule has 0 saturated carbocycles. The van der Waals surface area contributed by atoms with Crippen LogP contribution in [0.5, 0.6) is 0 Å². The Kier molecular flexibility index (Phi) is 3.62. The zero-order valence-corrected chi connectivity index (χ0v) is 8.22. The van der Waals surface area contributed by atoms with Crippen LogP contribution >= 0.6 is 12.6 Å². The van der Waals surface area contributed by atoms with Gasteiger partial charge in [-0.25, -0.2) is 8.42 Å². The van der Waals surface area contributed by atoms with Crippen LogP contribution in [0.15, 0.2) is 24.3 Å². The first kappa shape index (κ1) is 9.61. The van der Waals surface area contributed by atoms with Gasteiger partial charge < -0.3 is 0 Å². The molecule has 0 radical (unpaired) electrons. The Morgan fingerprint density at radius 1 is 1.08 bits per heavy atom. The third kappa shape index (κ3) is 2.87. The van der Waals surface area contributed by atoms with Crippen molar-refractivity contribution < 1.29 is 8.42 Å². The lowest BCUT2D eigenvalue weighted by Crippen LogP contribution is -1.86. The minimum absolute atomic E-state index is 0.127. The zero-order valence-electron chi connectivity index (χ0n) is 6.43. The molecule has 0 saturated heterocycles. The molecule has 0 atom stereocenters. The third-order valence-corrected chi connectivity index (χ3v) is 2.51. The first-order valence-electron chi connectivity index (χ1n) is 3.53. The fraction of sp³-hybridized carbons (Fsp3) is 0.250. The Morgan fingerprint density at radius 3 is 2.00 bits per heavy atom. The molecule has 0 amide bonds. The maximum absolute atomic E-state index is 10.3. The molecule has 1 rings (SSSR count). The minimum atomic E-state index is -2.31. The van der Waals surface area contributed by atoms with E-state index in [-0.39, 0.29) is 5.75 Å². The summed E-state index contributed by atoms with van der Waals surface area (Å²) in [5, 5.41) is 0. The van der Waals surface area contributed by atoms with E-state index in [9.17, 15) is 8.42 Å². The second-order valence-corrected chi connectivity index (χ2v) is 3.76. The van der Waals surface area contributed by atoms with Gasteiger partial charge in [0.1, 0.15) is 10.7 Å².